The zero-order chi connectivity index (χ0) is 26.1. The Morgan fingerprint density at radius 2 is 1.97 bits per heavy atom. The number of primary amides is 1. The Bertz CT molecular complexity index is 1710. The van der Waals surface area contributed by atoms with Gasteiger partial charge in [-0.15, -0.1) is 0 Å². The van der Waals surface area contributed by atoms with Gasteiger partial charge in [0.15, 0.2) is 0 Å². The van der Waals surface area contributed by atoms with Gasteiger partial charge in [-0.25, -0.2) is 18.2 Å². The van der Waals surface area contributed by atoms with Gasteiger partial charge in [0.2, 0.25) is 0 Å². The van der Waals surface area contributed by atoms with Crippen molar-refractivity contribution in [2.45, 2.75) is 19.0 Å². The van der Waals surface area contributed by atoms with E-state index >= 15 is 0 Å². The number of carbonyl (C=O) groups excluding carboxylic acids is 2. The number of H-pyrrole nitrogens is 1. The number of amides is 2. The minimum atomic E-state index is -0.997. The van der Waals surface area contributed by atoms with Crippen molar-refractivity contribution >= 4 is 22.8 Å². The second-order valence-corrected chi connectivity index (χ2v) is 8.30. The quantitative estimate of drug-likeness (QED) is 0.413. The summed E-state index contributed by atoms with van der Waals surface area (Å²) >= 11 is 0. The predicted molar refractivity (Wildman–Crippen MR) is 129 cm³/mol. The zero-order valence-electron chi connectivity index (χ0n) is 19.1. The Hall–Kier alpha value is -5.02. The van der Waals surface area contributed by atoms with Crippen molar-refractivity contribution in [1.82, 2.24) is 14.9 Å². The van der Waals surface area contributed by atoms with Crippen molar-refractivity contribution in [3.8, 4) is 23.7 Å². The van der Waals surface area contributed by atoms with Gasteiger partial charge in [0.1, 0.15) is 23.1 Å². The second kappa shape index (κ2) is 9.56. The van der Waals surface area contributed by atoms with Gasteiger partial charge >= 0.3 is 0 Å². The lowest BCUT2D eigenvalue weighted by atomic mass is 10.0. The molecular weight excluding hydrogens is 481 g/mol. The Kier molecular flexibility index (Phi) is 6.12. The third kappa shape index (κ3) is 4.39. The highest BCUT2D eigenvalue weighted by atomic mass is 19.1. The summed E-state index contributed by atoms with van der Waals surface area (Å²) in [4.78, 5) is 33.2. The Labute approximate surface area is 209 Å². The minimum Gasteiger partial charge on any atom is -0.366 e. The van der Waals surface area contributed by atoms with Gasteiger partial charge in [0.05, 0.1) is 22.7 Å². The highest BCUT2D eigenvalue weighted by Crippen LogP contribution is 2.35. The Balaban J connectivity index is 1.49. The number of benzene rings is 2. The maximum atomic E-state index is 14.7. The van der Waals surface area contributed by atoms with Gasteiger partial charge in [-0.05, 0) is 47.7 Å². The number of halogens is 3. The number of nitrogens with zero attached hydrogens (tertiary/aromatic N) is 2. The molecule has 1 aliphatic rings. The van der Waals surface area contributed by atoms with E-state index in [1.807, 2.05) is 0 Å². The highest BCUT2D eigenvalue weighted by molar-refractivity contribution is 6.01. The van der Waals surface area contributed by atoms with Crippen molar-refractivity contribution in [3.63, 3.8) is 0 Å². The number of aromatic amines is 1. The molecule has 0 bridgehead atoms. The molecule has 2 amide bonds. The number of nitrogens with two attached hydrogens (primary N) is 1. The summed E-state index contributed by atoms with van der Waals surface area (Å²) in [5.74, 6) is 7.47. The molecule has 4 aromatic rings. The van der Waals surface area contributed by atoms with E-state index in [1.54, 1.807) is 18.3 Å². The fourth-order valence-corrected chi connectivity index (χ4v) is 4.36. The van der Waals surface area contributed by atoms with Crippen molar-refractivity contribution in [1.29, 1.82) is 0 Å². The Morgan fingerprint density at radius 3 is 2.76 bits per heavy atom. The van der Waals surface area contributed by atoms with Crippen LogP contribution < -0.4 is 5.73 Å². The molecule has 0 spiro atoms. The van der Waals surface area contributed by atoms with Crippen LogP contribution in [0, 0.1) is 41.1 Å². The number of hydrogen-bond donors (Lipinski definition) is 2. The van der Waals surface area contributed by atoms with Crippen LogP contribution in [0.3, 0.4) is 0 Å². The molecule has 6 nitrogen and oxygen atoms in total. The third-order valence-electron chi connectivity index (χ3n) is 6.09. The van der Waals surface area contributed by atoms with Crippen LogP contribution in [0.2, 0.25) is 0 Å². The van der Waals surface area contributed by atoms with Gasteiger partial charge in [0, 0.05) is 36.3 Å². The highest BCUT2D eigenvalue weighted by Gasteiger charge is 2.36. The molecule has 0 saturated heterocycles. The van der Waals surface area contributed by atoms with Gasteiger partial charge in [-0.2, -0.15) is 0 Å². The lowest BCUT2D eigenvalue weighted by Gasteiger charge is -2.27. The largest absolute Gasteiger partial charge is 0.366 e. The van der Waals surface area contributed by atoms with E-state index < -0.39 is 35.3 Å². The topological polar surface area (TPSA) is 92.1 Å². The number of carbonyl (C=O) groups is 2. The molecule has 2 aromatic heterocycles. The first-order chi connectivity index (χ1) is 17.8. The van der Waals surface area contributed by atoms with Crippen LogP contribution in [0.25, 0.3) is 11.0 Å². The molecule has 0 saturated carbocycles. The number of hydrogen-bond acceptors (Lipinski definition) is 3. The number of nitrogens with one attached hydrogen (secondary N) is 1. The first-order valence-electron chi connectivity index (χ1n) is 11.1. The van der Waals surface area contributed by atoms with Gasteiger partial charge in [-0.1, -0.05) is 24.0 Å². The Morgan fingerprint density at radius 1 is 1.14 bits per heavy atom. The molecule has 0 radical (unpaired) electrons. The zero-order valence-corrected chi connectivity index (χ0v) is 19.1. The first kappa shape index (κ1) is 23.7. The van der Waals surface area contributed by atoms with E-state index in [4.69, 9.17) is 5.73 Å². The van der Waals surface area contributed by atoms with E-state index in [9.17, 15) is 22.8 Å². The molecule has 0 fully saturated rings. The third-order valence-corrected chi connectivity index (χ3v) is 6.09. The van der Waals surface area contributed by atoms with E-state index in [1.165, 1.54) is 23.2 Å². The van der Waals surface area contributed by atoms with Gasteiger partial charge in [-0.3, -0.25) is 9.59 Å². The molecule has 2 aromatic carbocycles. The molecule has 1 unspecified atom stereocenters. The first-order valence-corrected chi connectivity index (χ1v) is 11.1. The lowest BCUT2D eigenvalue weighted by molar-refractivity contribution is 0.0697. The standard InChI is InChI=1S/C28H17F3N4O2/c29-17-9-10-22(30)20(13-17)24(35-15-16-5-4-7-23(31)25(16)28(35)37)8-3-1-2-6-18-19-11-12-33-27(19)34-14-21(18)26(32)36/h4-5,7,9-14,24H,8,15H2,(H2,32,36)(H,33,34). The number of fused-ring (bicyclic) bond motifs is 2. The van der Waals surface area contributed by atoms with E-state index in [0.717, 1.165) is 18.2 Å². The molecular formula is C28H17F3N4O2. The summed E-state index contributed by atoms with van der Waals surface area (Å²) in [5, 5.41) is 0.591. The molecule has 182 valence electrons. The number of rotatable bonds is 4. The average Bonchev–Trinajstić information content (AvgIpc) is 3.48. The van der Waals surface area contributed by atoms with Crippen molar-refractivity contribution in [2.24, 2.45) is 5.73 Å². The molecule has 37 heavy (non-hydrogen) atoms. The maximum Gasteiger partial charge on any atom is 0.258 e. The number of pyridine rings is 1. The van der Waals surface area contributed by atoms with Crippen LogP contribution in [-0.2, 0) is 6.54 Å². The molecule has 9 heteroatoms. The van der Waals surface area contributed by atoms with E-state index in [0.29, 0.717) is 22.2 Å². The maximum absolute atomic E-state index is 14.7. The van der Waals surface area contributed by atoms with Crippen LogP contribution in [0.15, 0.2) is 54.9 Å². The van der Waals surface area contributed by atoms with Crippen LogP contribution in [0.4, 0.5) is 13.2 Å². The normalized spacial score (nSPS) is 12.9. The van der Waals surface area contributed by atoms with Crippen LogP contribution in [-0.4, -0.2) is 26.7 Å². The average molecular weight is 498 g/mol. The summed E-state index contributed by atoms with van der Waals surface area (Å²) in [6, 6.07) is 7.91. The molecule has 3 N–H and O–H groups in total. The molecule has 3 heterocycles. The summed E-state index contributed by atoms with van der Waals surface area (Å²) in [6.45, 7) is 0.0182. The molecule has 1 atom stereocenters. The van der Waals surface area contributed by atoms with Crippen LogP contribution >= 0.6 is 0 Å². The fourth-order valence-electron chi connectivity index (χ4n) is 4.36. The predicted octanol–water partition coefficient (Wildman–Crippen LogP) is 4.22. The van der Waals surface area contributed by atoms with Crippen LogP contribution in [0.5, 0.6) is 0 Å². The van der Waals surface area contributed by atoms with Gasteiger partial charge < -0.3 is 15.6 Å². The fraction of sp³-hybridized carbons (Fsp3) is 0.107. The minimum absolute atomic E-state index is 0.0182. The second-order valence-electron chi connectivity index (χ2n) is 8.30. The SMILES string of the molecule is NC(=O)c1cnc2[nH]ccc2c1C#CC#CCC(c1cc(F)ccc1F)N1Cc2cccc(F)c2C1=O. The summed E-state index contributed by atoms with van der Waals surface area (Å²) in [7, 11) is 0. The lowest BCUT2D eigenvalue weighted by Crippen LogP contribution is -2.30. The van der Waals surface area contributed by atoms with E-state index in [-0.39, 0.29) is 29.7 Å². The molecule has 5 rings (SSSR count). The number of aromatic nitrogens is 2. The van der Waals surface area contributed by atoms with Crippen molar-refractivity contribution < 1.29 is 22.8 Å². The summed E-state index contributed by atoms with van der Waals surface area (Å²) < 4.78 is 43.1. The van der Waals surface area contributed by atoms with Crippen molar-refractivity contribution in [2.75, 3.05) is 0 Å². The van der Waals surface area contributed by atoms with Gasteiger partial charge in [0.25, 0.3) is 11.8 Å². The monoisotopic (exact) mass is 498 g/mol. The molecule has 1 aliphatic heterocycles. The van der Waals surface area contributed by atoms with Crippen molar-refractivity contribution in [3.05, 3.63) is 100 Å². The van der Waals surface area contributed by atoms with E-state index in [2.05, 4.69) is 33.6 Å². The summed E-state index contributed by atoms with van der Waals surface area (Å²) in [5.41, 5.74) is 6.71. The summed E-state index contributed by atoms with van der Waals surface area (Å²) in [6.07, 6.45) is 2.86. The smallest absolute Gasteiger partial charge is 0.258 e. The molecule has 0 aliphatic carbocycles. The van der Waals surface area contributed by atoms with Crippen LogP contribution in [0.1, 0.15) is 49.9 Å².